The summed E-state index contributed by atoms with van der Waals surface area (Å²) in [6, 6.07) is 0. The zero-order valence-corrected chi connectivity index (χ0v) is 6.20. The normalized spacial score (nSPS) is 10.0. The average Bonchev–Trinajstić information content (AvgIpc) is 1.84. The van der Waals surface area contributed by atoms with Crippen molar-refractivity contribution in [1.82, 2.24) is 4.90 Å². The largest absolute Gasteiger partial charge is 0.549 e. The fraction of sp³-hybridized carbons (Fsp3) is 0.667. The van der Waals surface area contributed by atoms with Crippen LogP contribution >= 0.6 is 0 Å². The van der Waals surface area contributed by atoms with Gasteiger partial charge in [0.15, 0.2) is 0 Å². The lowest BCUT2D eigenvalue weighted by Gasteiger charge is -2.20. The van der Waals surface area contributed by atoms with Crippen LogP contribution in [-0.2, 0) is 9.59 Å². The number of carboxylic acids is 2. The Morgan fingerprint density at radius 3 is 1.73 bits per heavy atom. The number of carbonyl (C=O) groups is 2. The second kappa shape index (κ2) is 4.68. The summed E-state index contributed by atoms with van der Waals surface area (Å²) in [5.74, 6) is -2.57. The molecule has 64 valence electrons. The number of hydrogen-bond acceptors (Lipinski definition) is 5. The molecule has 0 aromatic heterocycles. The number of nitrogens with zero attached hydrogens (tertiary/aromatic N) is 1. The molecule has 0 aromatic carbocycles. The van der Waals surface area contributed by atoms with Crippen molar-refractivity contribution in [1.29, 1.82) is 0 Å². The van der Waals surface area contributed by atoms with Crippen molar-refractivity contribution >= 4 is 11.9 Å². The van der Waals surface area contributed by atoms with Crippen molar-refractivity contribution in [3.05, 3.63) is 0 Å². The van der Waals surface area contributed by atoms with Crippen molar-refractivity contribution in [3.8, 4) is 0 Å². The molecule has 0 unspecified atom stereocenters. The van der Waals surface area contributed by atoms with Gasteiger partial charge in [0.05, 0.1) is 11.9 Å². The highest BCUT2D eigenvalue weighted by Crippen LogP contribution is 1.83. The van der Waals surface area contributed by atoms with E-state index in [0.717, 1.165) is 0 Å². The van der Waals surface area contributed by atoms with Crippen molar-refractivity contribution < 1.29 is 19.8 Å². The third-order valence-corrected chi connectivity index (χ3v) is 1.15. The van der Waals surface area contributed by atoms with Crippen molar-refractivity contribution in [2.24, 2.45) is 0 Å². The summed E-state index contributed by atoms with van der Waals surface area (Å²) in [6.45, 7) is 1.27. The lowest BCUT2D eigenvalue weighted by atomic mass is 10.4. The summed E-state index contributed by atoms with van der Waals surface area (Å²) in [7, 11) is 0. The Morgan fingerprint density at radius 2 is 1.55 bits per heavy atom. The molecule has 5 nitrogen and oxygen atoms in total. The molecule has 0 atom stereocenters. The average molecular weight is 159 g/mol. The first kappa shape index (κ1) is 9.90. The molecule has 0 saturated heterocycles. The molecule has 0 aliphatic rings. The highest BCUT2D eigenvalue weighted by atomic mass is 16.4. The molecule has 0 fully saturated rings. The highest BCUT2D eigenvalue weighted by Gasteiger charge is 2.01. The molecule has 0 radical (unpaired) electrons. The lowest BCUT2D eigenvalue weighted by molar-refractivity contribution is -0.310. The van der Waals surface area contributed by atoms with E-state index >= 15 is 0 Å². The first-order valence-corrected chi connectivity index (χ1v) is 3.18. The molecule has 0 aromatic rings. The van der Waals surface area contributed by atoms with Crippen LogP contribution in [0.25, 0.3) is 0 Å². The van der Waals surface area contributed by atoms with E-state index in [0.29, 0.717) is 6.54 Å². The summed E-state index contributed by atoms with van der Waals surface area (Å²) >= 11 is 0. The first-order valence-electron chi connectivity index (χ1n) is 3.18. The molecular formula is C6H9NO4-2. The second-order valence-corrected chi connectivity index (χ2v) is 2.05. The zero-order valence-electron chi connectivity index (χ0n) is 6.20. The predicted molar refractivity (Wildman–Crippen MR) is 32.1 cm³/mol. The number of aliphatic carboxylic acids is 2. The van der Waals surface area contributed by atoms with Crippen LogP contribution in [0.3, 0.4) is 0 Å². The Hall–Kier alpha value is -1.10. The van der Waals surface area contributed by atoms with Crippen LogP contribution in [0.15, 0.2) is 0 Å². The van der Waals surface area contributed by atoms with E-state index in [2.05, 4.69) is 0 Å². The number of carboxylic acid groups (broad SMARTS) is 2. The number of carbonyl (C=O) groups excluding carboxylic acids is 2. The van der Waals surface area contributed by atoms with Gasteiger partial charge in [0.1, 0.15) is 0 Å². The van der Waals surface area contributed by atoms with E-state index in [1.54, 1.807) is 6.92 Å². The summed E-state index contributed by atoms with van der Waals surface area (Å²) in [5.41, 5.74) is 0. The first-order chi connectivity index (χ1) is 5.06. The Balaban J connectivity index is 3.76. The van der Waals surface area contributed by atoms with Crippen LogP contribution in [0.5, 0.6) is 0 Å². The lowest BCUT2D eigenvalue weighted by Crippen LogP contribution is -2.43. The van der Waals surface area contributed by atoms with Gasteiger partial charge in [-0.1, -0.05) is 6.92 Å². The molecule has 0 saturated carbocycles. The molecule has 0 amide bonds. The molecule has 0 aliphatic carbocycles. The molecule has 11 heavy (non-hydrogen) atoms. The van der Waals surface area contributed by atoms with E-state index in [1.165, 1.54) is 4.90 Å². The van der Waals surface area contributed by atoms with Crippen LogP contribution < -0.4 is 10.2 Å². The van der Waals surface area contributed by atoms with Crippen molar-refractivity contribution in [2.45, 2.75) is 6.92 Å². The van der Waals surface area contributed by atoms with Gasteiger partial charge < -0.3 is 19.8 Å². The van der Waals surface area contributed by atoms with E-state index in [-0.39, 0.29) is 13.1 Å². The van der Waals surface area contributed by atoms with Gasteiger partial charge in [-0.2, -0.15) is 0 Å². The SMILES string of the molecule is CCN(CC(=O)[O-])CC(=O)[O-]. The van der Waals surface area contributed by atoms with Crippen LogP contribution in [0.2, 0.25) is 0 Å². The fourth-order valence-electron chi connectivity index (χ4n) is 0.645. The highest BCUT2D eigenvalue weighted by molar-refractivity contribution is 5.70. The van der Waals surface area contributed by atoms with Crippen LogP contribution in [0.4, 0.5) is 0 Å². The monoisotopic (exact) mass is 159 g/mol. The van der Waals surface area contributed by atoms with Gasteiger partial charge in [-0.05, 0) is 6.54 Å². The maximum Gasteiger partial charge on any atom is 0.0555 e. The standard InChI is InChI=1S/C6H11NO4/c1-2-7(3-5(8)9)4-6(10)11/h2-4H2,1H3,(H,8,9)(H,10,11)/p-2. The number of likely N-dealkylation sites (N-methyl/N-ethyl adjacent to an activating group) is 1. The molecule has 0 N–H and O–H groups in total. The second-order valence-electron chi connectivity index (χ2n) is 2.05. The molecular weight excluding hydrogens is 150 g/mol. The van der Waals surface area contributed by atoms with Gasteiger partial charge in [0, 0.05) is 13.1 Å². The van der Waals surface area contributed by atoms with E-state index in [1.807, 2.05) is 0 Å². The minimum atomic E-state index is -1.28. The topological polar surface area (TPSA) is 83.5 Å². The molecule has 0 bridgehead atoms. The van der Waals surface area contributed by atoms with Gasteiger partial charge in [0.2, 0.25) is 0 Å². The number of hydrogen-bond donors (Lipinski definition) is 0. The van der Waals surface area contributed by atoms with Gasteiger partial charge in [-0.25, -0.2) is 0 Å². The predicted octanol–water partition coefficient (Wildman–Crippen LogP) is -3.19. The minimum absolute atomic E-state index is 0.349. The van der Waals surface area contributed by atoms with Crippen LogP contribution in [0.1, 0.15) is 6.92 Å². The molecule has 0 heterocycles. The molecule has 0 spiro atoms. The molecule has 0 rings (SSSR count). The molecule has 0 aliphatic heterocycles. The summed E-state index contributed by atoms with van der Waals surface area (Å²) in [5, 5.41) is 20.0. The van der Waals surface area contributed by atoms with Gasteiger partial charge in [0.25, 0.3) is 0 Å². The Bertz CT molecular complexity index is 141. The third kappa shape index (κ3) is 5.35. The zero-order chi connectivity index (χ0) is 8.85. The van der Waals surface area contributed by atoms with Gasteiger partial charge in [-0.15, -0.1) is 0 Å². The Labute approximate surface area is 64.2 Å². The maximum absolute atomic E-state index is 9.98. The Morgan fingerprint density at radius 1 is 1.18 bits per heavy atom. The number of rotatable bonds is 5. The maximum atomic E-state index is 9.98. The fourth-order valence-corrected chi connectivity index (χ4v) is 0.645. The Kier molecular flexibility index (Phi) is 4.21. The van der Waals surface area contributed by atoms with Crippen LogP contribution in [0, 0.1) is 0 Å². The van der Waals surface area contributed by atoms with Crippen molar-refractivity contribution in [3.63, 3.8) is 0 Å². The summed E-state index contributed by atoms with van der Waals surface area (Å²) in [4.78, 5) is 21.2. The van der Waals surface area contributed by atoms with E-state index in [4.69, 9.17) is 0 Å². The summed E-state index contributed by atoms with van der Waals surface area (Å²) < 4.78 is 0. The molecule has 5 heteroatoms. The van der Waals surface area contributed by atoms with Gasteiger partial charge in [-0.3, -0.25) is 4.90 Å². The van der Waals surface area contributed by atoms with Crippen molar-refractivity contribution in [2.75, 3.05) is 19.6 Å². The third-order valence-electron chi connectivity index (χ3n) is 1.15. The minimum Gasteiger partial charge on any atom is -0.549 e. The quantitative estimate of drug-likeness (QED) is 0.422. The summed E-state index contributed by atoms with van der Waals surface area (Å²) in [6.07, 6.45) is 0. The van der Waals surface area contributed by atoms with Crippen LogP contribution in [-0.4, -0.2) is 36.5 Å². The van der Waals surface area contributed by atoms with E-state index in [9.17, 15) is 19.8 Å². The smallest absolute Gasteiger partial charge is 0.0555 e. The van der Waals surface area contributed by atoms with Gasteiger partial charge >= 0.3 is 0 Å². The van der Waals surface area contributed by atoms with E-state index < -0.39 is 11.9 Å².